The molecule has 0 aliphatic heterocycles. The van der Waals surface area contributed by atoms with E-state index in [9.17, 15) is 0 Å². The van der Waals surface area contributed by atoms with Gasteiger partial charge in [-0.2, -0.15) is 0 Å². The minimum atomic E-state index is 0.649. The number of rotatable bonds is 6. The normalized spacial score (nSPS) is 11.2. The summed E-state index contributed by atoms with van der Waals surface area (Å²) < 4.78 is 5.35. The Morgan fingerprint density at radius 3 is 2.43 bits per heavy atom. The number of hydrogen-bond donors (Lipinski definition) is 2. The number of ether oxygens (including phenoxy) is 1. The first-order chi connectivity index (χ1) is 11.2. The molecule has 0 aromatic heterocycles. The zero-order valence-corrected chi connectivity index (χ0v) is 14.2. The molecule has 2 aromatic rings. The van der Waals surface area contributed by atoms with Crippen molar-refractivity contribution in [2.24, 2.45) is 4.99 Å². The van der Waals surface area contributed by atoms with E-state index >= 15 is 0 Å². The smallest absolute Gasteiger partial charge is 0.191 e. The number of methoxy groups -OCH3 is 1. The summed E-state index contributed by atoms with van der Waals surface area (Å²) in [5, 5.41) is 7.38. The fraction of sp³-hybridized carbons (Fsp3) is 0.278. The van der Waals surface area contributed by atoms with Crippen LogP contribution in [0, 0.1) is 0 Å². The molecule has 2 rings (SSSR count). The van der Waals surface area contributed by atoms with Gasteiger partial charge < -0.3 is 15.4 Å². The number of nitrogens with one attached hydrogen (secondary N) is 2. The second kappa shape index (κ2) is 9.06. The van der Waals surface area contributed by atoms with Crippen LogP contribution in [0.1, 0.15) is 11.1 Å². The summed E-state index contributed by atoms with van der Waals surface area (Å²) in [7, 11) is 3.43. The van der Waals surface area contributed by atoms with E-state index in [4.69, 9.17) is 16.3 Å². The third kappa shape index (κ3) is 5.18. The fourth-order valence-electron chi connectivity index (χ4n) is 2.27. The van der Waals surface area contributed by atoms with Gasteiger partial charge in [0, 0.05) is 30.7 Å². The Labute approximate surface area is 142 Å². The highest BCUT2D eigenvalue weighted by atomic mass is 35.5. The first-order valence-corrected chi connectivity index (χ1v) is 7.92. The average Bonchev–Trinajstić information content (AvgIpc) is 2.59. The standard InChI is InChI=1S/C18H22ClN3O/c1-20-18(21-12-11-14-7-3-5-9-16(14)19)22-13-15-8-4-6-10-17(15)23-2/h3-10H,11-13H2,1-2H3,(H2,20,21,22). The molecule has 0 aliphatic carbocycles. The van der Waals surface area contributed by atoms with Gasteiger partial charge in [-0.15, -0.1) is 0 Å². The molecule has 0 bridgehead atoms. The van der Waals surface area contributed by atoms with E-state index < -0.39 is 0 Å². The summed E-state index contributed by atoms with van der Waals surface area (Å²) in [6, 6.07) is 15.8. The Bertz CT molecular complexity index is 658. The van der Waals surface area contributed by atoms with Gasteiger partial charge in [0.25, 0.3) is 0 Å². The van der Waals surface area contributed by atoms with Crippen LogP contribution in [-0.4, -0.2) is 26.7 Å². The van der Waals surface area contributed by atoms with E-state index in [1.54, 1.807) is 14.2 Å². The van der Waals surface area contributed by atoms with Gasteiger partial charge in [0.1, 0.15) is 5.75 Å². The van der Waals surface area contributed by atoms with Crippen molar-refractivity contribution in [3.63, 3.8) is 0 Å². The highest BCUT2D eigenvalue weighted by Gasteiger charge is 2.04. The number of nitrogens with zero attached hydrogens (tertiary/aromatic N) is 1. The van der Waals surface area contributed by atoms with E-state index in [0.29, 0.717) is 6.54 Å². The SMILES string of the molecule is CN=C(NCCc1ccccc1Cl)NCc1ccccc1OC. The van der Waals surface area contributed by atoms with E-state index in [1.807, 2.05) is 48.5 Å². The molecule has 2 N–H and O–H groups in total. The third-order valence-electron chi connectivity index (χ3n) is 3.51. The van der Waals surface area contributed by atoms with Crippen LogP contribution in [0.3, 0.4) is 0 Å². The quantitative estimate of drug-likeness (QED) is 0.631. The Kier molecular flexibility index (Phi) is 6.76. The van der Waals surface area contributed by atoms with Crippen molar-refractivity contribution in [3.05, 3.63) is 64.7 Å². The first kappa shape index (κ1) is 17.2. The second-order valence-electron chi connectivity index (χ2n) is 5.01. The topological polar surface area (TPSA) is 45.7 Å². The second-order valence-corrected chi connectivity index (χ2v) is 5.41. The Balaban J connectivity index is 1.83. The molecule has 0 heterocycles. The van der Waals surface area contributed by atoms with Crippen LogP contribution in [0.15, 0.2) is 53.5 Å². The van der Waals surface area contributed by atoms with Crippen LogP contribution in [0.4, 0.5) is 0 Å². The maximum Gasteiger partial charge on any atom is 0.191 e. The van der Waals surface area contributed by atoms with Crippen molar-refractivity contribution in [2.75, 3.05) is 20.7 Å². The number of aliphatic imine (C=N–C) groups is 1. The molecule has 0 radical (unpaired) electrons. The van der Waals surface area contributed by atoms with Gasteiger partial charge in [-0.1, -0.05) is 48.0 Å². The maximum atomic E-state index is 6.16. The molecule has 5 heteroatoms. The van der Waals surface area contributed by atoms with Crippen LogP contribution in [0.2, 0.25) is 5.02 Å². The van der Waals surface area contributed by atoms with E-state index in [1.165, 1.54) is 0 Å². The summed E-state index contributed by atoms with van der Waals surface area (Å²) in [4.78, 5) is 4.23. The molecule has 0 unspecified atom stereocenters. The molecule has 2 aromatic carbocycles. The third-order valence-corrected chi connectivity index (χ3v) is 3.88. The number of benzene rings is 2. The van der Waals surface area contributed by atoms with Crippen LogP contribution in [-0.2, 0) is 13.0 Å². The minimum Gasteiger partial charge on any atom is -0.496 e. The highest BCUT2D eigenvalue weighted by molar-refractivity contribution is 6.31. The average molecular weight is 332 g/mol. The monoisotopic (exact) mass is 331 g/mol. The largest absolute Gasteiger partial charge is 0.496 e. The molecule has 0 fully saturated rings. The predicted octanol–water partition coefficient (Wildman–Crippen LogP) is 3.26. The van der Waals surface area contributed by atoms with Crippen LogP contribution in [0.25, 0.3) is 0 Å². The Hall–Kier alpha value is -2.20. The van der Waals surface area contributed by atoms with Gasteiger partial charge in [0.05, 0.1) is 7.11 Å². The number of halogens is 1. The van der Waals surface area contributed by atoms with Crippen molar-refractivity contribution >= 4 is 17.6 Å². The van der Waals surface area contributed by atoms with Gasteiger partial charge in [-0.25, -0.2) is 0 Å². The molecule has 0 aliphatic rings. The molecule has 0 saturated carbocycles. The van der Waals surface area contributed by atoms with Gasteiger partial charge >= 0.3 is 0 Å². The van der Waals surface area contributed by atoms with Gasteiger partial charge in [-0.3, -0.25) is 4.99 Å². The molecule has 0 spiro atoms. The zero-order valence-electron chi connectivity index (χ0n) is 13.5. The predicted molar refractivity (Wildman–Crippen MR) is 96.4 cm³/mol. The lowest BCUT2D eigenvalue weighted by Crippen LogP contribution is -2.37. The van der Waals surface area contributed by atoms with E-state index in [2.05, 4.69) is 15.6 Å². The van der Waals surface area contributed by atoms with Gasteiger partial charge in [0.15, 0.2) is 5.96 Å². The maximum absolute atomic E-state index is 6.16. The summed E-state index contributed by atoms with van der Waals surface area (Å²) in [6.07, 6.45) is 0.842. The van der Waals surface area contributed by atoms with Gasteiger partial charge in [-0.05, 0) is 24.1 Å². The summed E-state index contributed by atoms with van der Waals surface area (Å²) in [5.41, 5.74) is 2.21. The highest BCUT2D eigenvalue weighted by Crippen LogP contribution is 2.16. The molecule has 0 atom stereocenters. The van der Waals surface area contributed by atoms with Crippen molar-refractivity contribution in [2.45, 2.75) is 13.0 Å². The van der Waals surface area contributed by atoms with E-state index in [-0.39, 0.29) is 0 Å². The van der Waals surface area contributed by atoms with Gasteiger partial charge in [0.2, 0.25) is 0 Å². The fourth-order valence-corrected chi connectivity index (χ4v) is 2.50. The van der Waals surface area contributed by atoms with Crippen molar-refractivity contribution in [1.29, 1.82) is 0 Å². The summed E-state index contributed by atoms with van der Waals surface area (Å²) >= 11 is 6.16. The number of hydrogen-bond acceptors (Lipinski definition) is 2. The molecule has 122 valence electrons. The lowest BCUT2D eigenvalue weighted by atomic mass is 10.1. The van der Waals surface area contributed by atoms with Crippen LogP contribution >= 0.6 is 11.6 Å². The molecule has 23 heavy (non-hydrogen) atoms. The zero-order chi connectivity index (χ0) is 16.5. The van der Waals surface area contributed by atoms with Crippen molar-refractivity contribution in [3.8, 4) is 5.75 Å². The molecular formula is C18H22ClN3O. The molecular weight excluding hydrogens is 310 g/mol. The Morgan fingerprint density at radius 1 is 1.04 bits per heavy atom. The first-order valence-electron chi connectivity index (χ1n) is 7.54. The van der Waals surface area contributed by atoms with Crippen molar-refractivity contribution in [1.82, 2.24) is 10.6 Å². The lowest BCUT2D eigenvalue weighted by molar-refractivity contribution is 0.409. The van der Waals surface area contributed by atoms with E-state index in [0.717, 1.165) is 40.8 Å². The minimum absolute atomic E-state index is 0.649. The summed E-state index contributed by atoms with van der Waals surface area (Å²) in [6.45, 7) is 1.41. The van der Waals surface area contributed by atoms with Crippen LogP contribution < -0.4 is 15.4 Å². The Morgan fingerprint density at radius 2 is 1.74 bits per heavy atom. The summed E-state index contributed by atoms with van der Waals surface area (Å²) in [5.74, 6) is 1.62. The molecule has 0 saturated heterocycles. The molecule has 0 amide bonds. The molecule has 4 nitrogen and oxygen atoms in total. The lowest BCUT2D eigenvalue weighted by Gasteiger charge is -2.14. The van der Waals surface area contributed by atoms with Crippen LogP contribution in [0.5, 0.6) is 5.75 Å². The number of para-hydroxylation sites is 1. The van der Waals surface area contributed by atoms with Crippen molar-refractivity contribution < 1.29 is 4.74 Å². The number of guanidine groups is 1.